The van der Waals surface area contributed by atoms with Crippen molar-refractivity contribution in [2.45, 2.75) is 79.1 Å². The molecule has 2 aromatic carbocycles. The summed E-state index contributed by atoms with van der Waals surface area (Å²) in [6.45, 7) is 7.36. The molecule has 0 unspecified atom stereocenters. The maximum atomic E-state index is 14.2. The summed E-state index contributed by atoms with van der Waals surface area (Å²) in [5, 5.41) is 10.9. The van der Waals surface area contributed by atoms with Gasteiger partial charge in [-0.1, -0.05) is 27.7 Å². The molecular formula is C30H36N4O6. The standard InChI is InChI=1S/C30H36N4O6/c1-5-9-21(35)31-17-13-14-18(32-22(36)10-6-2)26-25(17)29(39)27-19(33-23(37)11-7-3)15-16-20(28(27)30(26)40)34-24(38)12-8-4/h13-16H,5-12H2,1-4H3,(H,31,35)(H,32,36)(H,33,37)(H,34,38). The van der Waals surface area contributed by atoms with Crippen molar-refractivity contribution in [1.29, 1.82) is 0 Å². The Labute approximate surface area is 233 Å². The molecule has 10 nitrogen and oxygen atoms in total. The molecule has 2 aromatic rings. The molecule has 0 aromatic heterocycles. The topological polar surface area (TPSA) is 151 Å². The van der Waals surface area contributed by atoms with Crippen LogP contribution in [0.5, 0.6) is 0 Å². The van der Waals surface area contributed by atoms with Gasteiger partial charge in [0.15, 0.2) is 11.6 Å². The van der Waals surface area contributed by atoms with E-state index in [1.807, 2.05) is 27.7 Å². The Balaban J connectivity index is 2.28. The van der Waals surface area contributed by atoms with Gasteiger partial charge < -0.3 is 21.3 Å². The van der Waals surface area contributed by atoms with E-state index in [2.05, 4.69) is 21.3 Å². The molecule has 0 radical (unpaired) electrons. The van der Waals surface area contributed by atoms with Crippen LogP contribution in [-0.2, 0) is 19.2 Å². The minimum Gasteiger partial charge on any atom is -0.325 e. The van der Waals surface area contributed by atoms with Gasteiger partial charge in [0.2, 0.25) is 23.6 Å². The molecule has 4 N–H and O–H groups in total. The number of carbonyl (C=O) groups is 6. The predicted octanol–water partition coefficient (Wildman–Crippen LogP) is 5.42. The number of ketones is 2. The van der Waals surface area contributed by atoms with Crippen LogP contribution < -0.4 is 21.3 Å². The average Bonchev–Trinajstić information content (AvgIpc) is 2.89. The van der Waals surface area contributed by atoms with Crippen molar-refractivity contribution in [1.82, 2.24) is 0 Å². The second kappa shape index (κ2) is 13.6. The predicted molar refractivity (Wildman–Crippen MR) is 154 cm³/mol. The number of nitrogens with one attached hydrogen (secondary N) is 4. The maximum absolute atomic E-state index is 14.2. The number of hydrogen-bond donors (Lipinski definition) is 4. The van der Waals surface area contributed by atoms with E-state index in [9.17, 15) is 28.8 Å². The quantitative estimate of drug-likeness (QED) is 0.237. The van der Waals surface area contributed by atoms with Gasteiger partial charge >= 0.3 is 0 Å². The zero-order valence-electron chi connectivity index (χ0n) is 23.4. The van der Waals surface area contributed by atoms with Crippen LogP contribution in [0.15, 0.2) is 24.3 Å². The largest absolute Gasteiger partial charge is 0.325 e. The molecule has 1 aliphatic carbocycles. The first-order valence-corrected chi connectivity index (χ1v) is 13.8. The SMILES string of the molecule is CCCC(=O)Nc1ccc(NC(=O)CCC)c2c1C(=O)c1c(NC(=O)CCC)ccc(NC(=O)CCC)c1C2=O. The lowest BCUT2D eigenvalue weighted by molar-refractivity contribution is -0.117. The highest BCUT2D eigenvalue weighted by Crippen LogP contribution is 2.42. The molecule has 0 aliphatic heterocycles. The number of hydrogen-bond acceptors (Lipinski definition) is 6. The van der Waals surface area contributed by atoms with E-state index in [-0.39, 0.29) is 94.3 Å². The molecule has 40 heavy (non-hydrogen) atoms. The van der Waals surface area contributed by atoms with Crippen molar-refractivity contribution >= 4 is 57.9 Å². The summed E-state index contributed by atoms with van der Waals surface area (Å²) in [5.74, 6) is -2.60. The van der Waals surface area contributed by atoms with E-state index < -0.39 is 11.6 Å². The van der Waals surface area contributed by atoms with Crippen molar-refractivity contribution in [2.75, 3.05) is 21.3 Å². The van der Waals surface area contributed by atoms with E-state index in [0.29, 0.717) is 25.7 Å². The number of carbonyl (C=O) groups excluding carboxylic acids is 6. The summed E-state index contributed by atoms with van der Waals surface area (Å²) in [6.07, 6.45) is 3.10. The number of benzene rings is 2. The van der Waals surface area contributed by atoms with E-state index in [1.165, 1.54) is 24.3 Å². The van der Waals surface area contributed by atoms with Crippen LogP contribution in [0.3, 0.4) is 0 Å². The fourth-order valence-corrected chi connectivity index (χ4v) is 4.57. The molecule has 1 aliphatic rings. The number of rotatable bonds is 12. The Bertz CT molecular complexity index is 1160. The lowest BCUT2D eigenvalue weighted by atomic mass is 9.80. The Hall–Kier alpha value is -4.34. The van der Waals surface area contributed by atoms with Gasteiger partial charge in [-0.3, -0.25) is 28.8 Å². The molecule has 0 heterocycles. The zero-order chi connectivity index (χ0) is 29.4. The molecule has 0 fully saturated rings. The van der Waals surface area contributed by atoms with Crippen molar-refractivity contribution in [3.63, 3.8) is 0 Å². The summed E-state index contributed by atoms with van der Waals surface area (Å²) in [6, 6.07) is 5.91. The number of amides is 4. The summed E-state index contributed by atoms with van der Waals surface area (Å²) < 4.78 is 0. The fourth-order valence-electron chi connectivity index (χ4n) is 4.57. The van der Waals surface area contributed by atoms with E-state index in [0.717, 1.165) is 0 Å². The van der Waals surface area contributed by atoms with Crippen LogP contribution in [0, 0.1) is 0 Å². The monoisotopic (exact) mass is 548 g/mol. The summed E-state index contributed by atoms with van der Waals surface area (Å²) in [4.78, 5) is 78.5. The van der Waals surface area contributed by atoms with Gasteiger partial charge in [-0.25, -0.2) is 0 Å². The van der Waals surface area contributed by atoms with Gasteiger partial charge in [0.05, 0.1) is 45.0 Å². The molecule has 0 bridgehead atoms. The van der Waals surface area contributed by atoms with Crippen LogP contribution >= 0.6 is 0 Å². The highest BCUT2D eigenvalue weighted by Gasteiger charge is 2.38. The Kier molecular flexibility index (Phi) is 10.3. The fraction of sp³-hybridized carbons (Fsp3) is 0.400. The lowest BCUT2D eigenvalue weighted by Gasteiger charge is -2.26. The Morgan fingerprint density at radius 2 is 0.650 bits per heavy atom. The first-order chi connectivity index (χ1) is 19.2. The van der Waals surface area contributed by atoms with Crippen molar-refractivity contribution in [2.24, 2.45) is 0 Å². The van der Waals surface area contributed by atoms with Crippen LogP contribution in [0.1, 0.15) is 111 Å². The number of anilines is 4. The van der Waals surface area contributed by atoms with E-state index >= 15 is 0 Å². The van der Waals surface area contributed by atoms with Crippen LogP contribution in [0.4, 0.5) is 22.7 Å². The second-order valence-electron chi connectivity index (χ2n) is 9.67. The molecule has 3 rings (SSSR count). The van der Waals surface area contributed by atoms with Gasteiger partial charge in [-0.05, 0) is 49.9 Å². The van der Waals surface area contributed by atoms with Gasteiger partial charge in [0.25, 0.3) is 0 Å². The molecule has 0 atom stereocenters. The van der Waals surface area contributed by atoms with Crippen molar-refractivity contribution in [3.05, 3.63) is 46.5 Å². The average molecular weight is 549 g/mol. The highest BCUT2D eigenvalue weighted by molar-refractivity contribution is 6.36. The highest BCUT2D eigenvalue weighted by atomic mass is 16.2. The zero-order valence-corrected chi connectivity index (χ0v) is 23.4. The van der Waals surface area contributed by atoms with Crippen molar-refractivity contribution in [3.8, 4) is 0 Å². The first kappa shape index (κ1) is 30.2. The Morgan fingerprint density at radius 3 is 0.825 bits per heavy atom. The third-order valence-corrected chi connectivity index (χ3v) is 6.32. The molecule has 4 amide bonds. The number of fused-ring (bicyclic) bond motifs is 2. The molecule has 0 saturated carbocycles. The van der Waals surface area contributed by atoms with Gasteiger partial charge in [0, 0.05) is 25.7 Å². The van der Waals surface area contributed by atoms with Crippen LogP contribution in [0.2, 0.25) is 0 Å². The third kappa shape index (κ3) is 6.62. The van der Waals surface area contributed by atoms with Gasteiger partial charge in [-0.2, -0.15) is 0 Å². The van der Waals surface area contributed by atoms with E-state index in [1.54, 1.807) is 0 Å². The first-order valence-electron chi connectivity index (χ1n) is 13.8. The Morgan fingerprint density at radius 1 is 0.450 bits per heavy atom. The van der Waals surface area contributed by atoms with Gasteiger partial charge in [0.1, 0.15) is 0 Å². The molecule has 0 saturated heterocycles. The van der Waals surface area contributed by atoms with Crippen molar-refractivity contribution < 1.29 is 28.8 Å². The second-order valence-corrected chi connectivity index (χ2v) is 9.67. The van der Waals surface area contributed by atoms with Crippen LogP contribution in [0.25, 0.3) is 0 Å². The minimum absolute atomic E-state index is 0.0840. The summed E-state index contributed by atoms with van der Waals surface area (Å²) >= 11 is 0. The third-order valence-electron chi connectivity index (χ3n) is 6.32. The molecular weight excluding hydrogens is 512 g/mol. The lowest BCUT2D eigenvalue weighted by Crippen LogP contribution is -2.29. The smallest absolute Gasteiger partial charge is 0.224 e. The molecule has 0 spiro atoms. The maximum Gasteiger partial charge on any atom is 0.224 e. The normalized spacial score (nSPS) is 11.8. The molecule has 212 valence electrons. The van der Waals surface area contributed by atoms with E-state index in [4.69, 9.17) is 0 Å². The van der Waals surface area contributed by atoms with Gasteiger partial charge in [-0.15, -0.1) is 0 Å². The minimum atomic E-state index is -0.624. The summed E-state index contributed by atoms with van der Waals surface area (Å²) in [5.41, 5.74) is 0.154. The van der Waals surface area contributed by atoms with Crippen LogP contribution in [-0.4, -0.2) is 35.2 Å². The summed E-state index contributed by atoms with van der Waals surface area (Å²) in [7, 11) is 0. The molecule has 10 heteroatoms.